The summed E-state index contributed by atoms with van der Waals surface area (Å²) in [5.74, 6) is -0.349. The van der Waals surface area contributed by atoms with Crippen LogP contribution in [0.15, 0.2) is 72.8 Å². The minimum Gasteiger partial charge on any atom is -0.496 e. The van der Waals surface area contributed by atoms with Crippen LogP contribution in [0.3, 0.4) is 0 Å². The third kappa shape index (κ3) is 6.86. The van der Waals surface area contributed by atoms with E-state index in [1.54, 1.807) is 35.2 Å². The van der Waals surface area contributed by atoms with Crippen LogP contribution in [0, 0.1) is 0 Å². The molecule has 2 amide bonds. The van der Waals surface area contributed by atoms with Crippen LogP contribution in [-0.2, 0) is 0 Å². The summed E-state index contributed by atoms with van der Waals surface area (Å²) in [6, 6.07) is 21.0. The van der Waals surface area contributed by atoms with Crippen LogP contribution in [-0.4, -0.2) is 59.1 Å². The number of hydrogen-bond donors (Lipinski definition) is 2. The lowest BCUT2D eigenvalue weighted by atomic mass is 10.0. The number of likely N-dealkylation sites (tertiary alicyclic amines) is 1. The Labute approximate surface area is 254 Å². The average Bonchev–Trinajstić information content (AvgIpc) is 3.48. The number of amides is 2. The van der Waals surface area contributed by atoms with E-state index in [4.69, 9.17) is 14.6 Å². The standard InChI is InChI=1S/C33H33N3O6S/c1-20(2)31-35-28(29(43-31)21-7-5-4-6-8-21)30(37)34-23-11-14-27(41-3)26(19-23)32(38)36-17-15-25(16-18-36)42-24-12-9-22(10-13-24)33(39)40/h4-14,19-20,25H,15-18H2,1-3H3,(H,34,37)(H,39,40). The second-order valence-corrected chi connectivity index (χ2v) is 11.6. The monoisotopic (exact) mass is 599 g/mol. The molecule has 1 aliphatic heterocycles. The van der Waals surface area contributed by atoms with E-state index in [1.165, 1.54) is 30.6 Å². The molecule has 0 saturated carbocycles. The first kappa shape index (κ1) is 29.8. The zero-order valence-electron chi connectivity index (χ0n) is 24.2. The molecule has 10 heteroatoms. The van der Waals surface area contributed by atoms with E-state index < -0.39 is 5.97 Å². The number of anilines is 1. The van der Waals surface area contributed by atoms with Gasteiger partial charge in [0.05, 0.1) is 28.1 Å². The van der Waals surface area contributed by atoms with Gasteiger partial charge in [-0.1, -0.05) is 44.2 Å². The lowest BCUT2D eigenvalue weighted by Gasteiger charge is -2.32. The quantitative estimate of drug-likeness (QED) is 0.223. The zero-order chi connectivity index (χ0) is 30.5. The van der Waals surface area contributed by atoms with Gasteiger partial charge < -0.3 is 24.8 Å². The molecule has 0 radical (unpaired) electrons. The molecular weight excluding hydrogens is 566 g/mol. The van der Waals surface area contributed by atoms with E-state index >= 15 is 0 Å². The number of carbonyl (C=O) groups is 3. The number of rotatable bonds is 9. The van der Waals surface area contributed by atoms with Crippen molar-refractivity contribution in [2.75, 3.05) is 25.5 Å². The van der Waals surface area contributed by atoms with Crippen molar-refractivity contribution in [2.45, 2.75) is 38.7 Å². The number of ether oxygens (including phenoxy) is 2. The first-order chi connectivity index (χ1) is 20.7. The molecule has 1 fully saturated rings. The van der Waals surface area contributed by atoms with Crippen molar-refractivity contribution in [3.8, 4) is 21.9 Å². The number of thiazole rings is 1. The largest absolute Gasteiger partial charge is 0.496 e. The van der Waals surface area contributed by atoms with Crippen LogP contribution in [0.1, 0.15) is 68.8 Å². The second-order valence-electron chi connectivity index (χ2n) is 10.6. The fourth-order valence-electron chi connectivity index (χ4n) is 4.88. The van der Waals surface area contributed by atoms with Crippen molar-refractivity contribution < 1.29 is 29.0 Å². The van der Waals surface area contributed by atoms with Crippen LogP contribution >= 0.6 is 11.3 Å². The number of nitrogens with one attached hydrogen (secondary N) is 1. The molecule has 0 spiro atoms. The first-order valence-electron chi connectivity index (χ1n) is 14.1. The third-order valence-corrected chi connectivity index (χ3v) is 8.61. The van der Waals surface area contributed by atoms with E-state index in [-0.39, 0.29) is 29.4 Å². The van der Waals surface area contributed by atoms with Gasteiger partial charge in [-0.2, -0.15) is 0 Å². The van der Waals surface area contributed by atoms with Gasteiger partial charge in [0.2, 0.25) is 0 Å². The Morgan fingerprint density at radius 1 is 1.00 bits per heavy atom. The zero-order valence-corrected chi connectivity index (χ0v) is 25.0. The van der Waals surface area contributed by atoms with Gasteiger partial charge in [-0.15, -0.1) is 11.3 Å². The Hall–Kier alpha value is -4.70. The molecule has 0 aliphatic carbocycles. The topological polar surface area (TPSA) is 118 Å². The summed E-state index contributed by atoms with van der Waals surface area (Å²) in [4.78, 5) is 45.4. The smallest absolute Gasteiger partial charge is 0.335 e. The molecule has 3 aromatic carbocycles. The number of aromatic nitrogens is 1. The van der Waals surface area contributed by atoms with Crippen molar-refractivity contribution >= 4 is 34.8 Å². The predicted octanol–water partition coefficient (Wildman–Crippen LogP) is 6.58. The molecule has 4 aromatic rings. The molecule has 1 aliphatic rings. The predicted molar refractivity (Wildman–Crippen MR) is 166 cm³/mol. The number of carboxylic acid groups (broad SMARTS) is 1. The number of benzene rings is 3. The molecule has 0 atom stereocenters. The van der Waals surface area contributed by atoms with Gasteiger partial charge in [-0.3, -0.25) is 9.59 Å². The number of nitrogens with zero attached hydrogens (tertiary/aromatic N) is 2. The van der Waals surface area contributed by atoms with Crippen LogP contribution in [0.2, 0.25) is 0 Å². The molecule has 2 heterocycles. The number of hydrogen-bond acceptors (Lipinski definition) is 7. The summed E-state index contributed by atoms with van der Waals surface area (Å²) in [6.07, 6.45) is 1.14. The van der Waals surface area contributed by atoms with Crippen molar-refractivity contribution in [2.24, 2.45) is 0 Å². The summed E-state index contributed by atoms with van der Waals surface area (Å²) >= 11 is 1.51. The minimum absolute atomic E-state index is 0.0973. The first-order valence-corrected chi connectivity index (χ1v) is 14.9. The van der Waals surface area contributed by atoms with Gasteiger partial charge in [-0.25, -0.2) is 9.78 Å². The second kappa shape index (κ2) is 13.1. The van der Waals surface area contributed by atoms with E-state index in [0.29, 0.717) is 54.4 Å². The summed E-state index contributed by atoms with van der Waals surface area (Å²) < 4.78 is 11.5. The van der Waals surface area contributed by atoms with Gasteiger partial charge in [0.15, 0.2) is 0 Å². The lowest BCUT2D eigenvalue weighted by Crippen LogP contribution is -2.41. The van der Waals surface area contributed by atoms with Crippen LogP contribution in [0.5, 0.6) is 11.5 Å². The van der Waals surface area contributed by atoms with Gasteiger partial charge in [0, 0.05) is 37.5 Å². The maximum Gasteiger partial charge on any atom is 0.335 e. The van der Waals surface area contributed by atoms with Crippen molar-refractivity contribution in [3.05, 3.63) is 94.6 Å². The molecule has 1 aromatic heterocycles. The third-order valence-electron chi connectivity index (χ3n) is 7.21. The Balaban J connectivity index is 1.28. The summed E-state index contributed by atoms with van der Waals surface area (Å²) in [5, 5.41) is 12.9. The van der Waals surface area contributed by atoms with Crippen molar-refractivity contribution in [3.63, 3.8) is 0 Å². The highest BCUT2D eigenvalue weighted by molar-refractivity contribution is 7.15. The van der Waals surface area contributed by atoms with Crippen LogP contribution in [0.4, 0.5) is 5.69 Å². The highest BCUT2D eigenvalue weighted by Gasteiger charge is 2.27. The number of carboxylic acids is 1. The summed E-state index contributed by atoms with van der Waals surface area (Å²) in [5.41, 5.74) is 2.29. The Morgan fingerprint density at radius 2 is 1.70 bits per heavy atom. The Morgan fingerprint density at radius 3 is 2.33 bits per heavy atom. The van der Waals surface area contributed by atoms with Gasteiger partial charge in [0.1, 0.15) is 23.3 Å². The fraction of sp³-hybridized carbons (Fsp3) is 0.273. The van der Waals surface area contributed by atoms with Gasteiger partial charge in [0.25, 0.3) is 11.8 Å². The molecular formula is C33H33N3O6S. The Kier molecular flexibility index (Phi) is 9.06. The number of piperidine rings is 1. The van der Waals surface area contributed by atoms with Crippen molar-refractivity contribution in [1.29, 1.82) is 0 Å². The molecule has 0 unspecified atom stereocenters. The van der Waals surface area contributed by atoms with E-state index in [0.717, 1.165) is 15.4 Å². The lowest BCUT2D eigenvalue weighted by molar-refractivity contribution is 0.0592. The van der Waals surface area contributed by atoms with E-state index in [9.17, 15) is 14.4 Å². The highest BCUT2D eigenvalue weighted by atomic mass is 32.1. The maximum absolute atomic E-state index is 13.6. The molecule has 5 rings (SSSR count). The molecule has 1 saturated heterocycles. The van der Waals surface area contributed by atoms with E-state index in [1.807, 2.05) is 44.2 Å². The van der Waals surface area contributed by atoms with Gasteiger partial charge >= 0.3 is 5.97 Å². The fourth-order valence-corrected chi connectivity index (χ4v) is 5.95. The van der Waals surface area contributed by atoms with Crippen LogP contribution < -0.4 is 14.8 Å². The Bertz CT molecular complexity index is 1610. The van der Waals surface area contributed by atoms with Gasteiger partial charge in [-0.05, 0) is 48.0 Å². The molecule has 9 nitrogen and oxygen atoms in total. The minimum atomic E-state index is -0.988. The summed E-state index contributed by atoms with van der Waals surface area (Å²) in [6.45, 7) is 5.05. The molecule has 0 bridgehead atoms. The number of methoxy groups -OCH3 is 1. The average molecular weight is 600 g/mol. The molecule has 43 heavy (non-hydrogen) atoms. The highest BCUT2D eigenvalue weighted by Crippen LogP contribution is 2.34. The molecule has 2 N–H and O–H groups in total. The van der Waals surface area contributed by atoms with Crippen molar-refractivity contribution in [1.82, 2.24) is 9.88 Å². The van der Waals surface area contributed by atoms with Crippen LogP contribution in [0.25, 0.3) is 10.4 Å². The number of aromatic carboxylic acids is 1. The SMILES string of the molecule is COc1ccc(NC(=O)c2nc(C(C)C)sc2-c2ccccc2)cc1C(=O)N1CCC(Oc2ccc(C(=O)O)cc2)CC1. The molecule has 222 valence electrons. The van der Waals surface area contributed by atoms with E-state index in [2.05, 4.69) is 10.3 Å². The maximum atomic E-state index is 13.6. The normalized spacial score (nSPS) is 13.5. The summed E-state index contributed by atoms with van der Waals surface area (Å²) in [7, 11) is 1.51. The number of carbonyl (C=O) groups excluding carboxylic acids is 2.